The van der Waals surface area contributed by atoms with Gasteiger partial charge >= 0.3 is 0 Å². The van der Waals surface area contributed by atoms with Gasteiger partial charge < -0.3 is 10.2 Å². The van der Waals surface area contributed by atoms with E-state index in [9.17, 15) is 0 Å². The number of hydrogen-bond donors (Lipinski definition) is 1. The van der Waals surface area contributed by atoms with Crippen molar-refractivity contribution in [2.75, 3.05) is 26.7 Å². The molecule has 0 saturated heterocycles. The molecule has 0 bridgehead atoms. The fourth-order valence-electron chi connectivity index (χ4n) is 2.67. The maximum absolute atomic E-state index is 3.55. The molecule has 0 amide bonds. The molecule has 102 valence electrons. The maximum Gasteiger partial charge on any atom is 0.00922 e. The molecule has 1 aliphatic carbocycles. The summed E-state index contributed by atoms with van der Waals surface area (Å²) in [4.78, 5) is 2.59. The Morgan fingerprint density at radius 3 is 2.47 bits per heavy atom. The Bertz CT molecular complexity index is 174. The van der Waals surface area contributed by atoms with Gasteiger partial charge in [-0.2, -0.15) is 0 Å². The van der Waals surface area contributed by atoms with Crippen molar-refractivity contribution in [2.45, 2.75) is 64.8 Å². The van der Waals surface area contributed by atoms with Crippen LogP contribution in [-0.2, 0) is 0 Å². The summed E-state index contributed by atoms with van der Waals surface area (Å²) in [7, 11) is 2.31. The van der Waals surface area contributed by atoms with Gasteiger partial charge in [0.05, 0.1) is 0 Å². The molecule has 0 aromatic carbocycles. The maximum atomic E-state index is 3.55. The van der Waals surface area contributed by atoms with Gasteiger partial charge in [-0.15, -0.1) is 0 Å². The molecule has 1 fully saturated rings. The van der Waals surface area contributed by atoms with Crippen LogP contribution < -0.4 is 5.32 Å². The minimum absolute atomic E-state index is 0.826. The third kappa shape index (κ3) is 7.05. The zero-order valence-electron chi connectivity index (χ0n) is 12.2. The average Bonchev–Trinajstić information content (AvgIpc) is 2.34. The first-order chi connectivity index (χ1) is 8.20. The summed E-state index contributed by atoms with van der Waals surface area (Å²) in [5, 5.41) is 3.55. The van der Waals surface area contributed by atoms with E-state index in [0.29, 0.717) is 0 Å². The van der Waals surface area contributed by atoms with Crippen LogP contribution in [0.3, 0.4) is 0 Å². The predicted molar refractivity (Wildman–Crippen MR) is 76.4 cm³/mol. The van der Waals surface area contributed by atoms with E-state index in [4.69, 9.17) is 0 Å². The lowest BCUT2D eigenvalue weighted by Gasteiger charge is -2.31. The van der Waals surface area contributed by atoms with Gasteiger partial charge in [0.2, 0.25) is 0 Å². The molecule has 0 aromatic rings. The molecule has 2 heteroatoms. The number of nitrogens with zero attached hydrogens (tertiary/aromatic N) is 1. The Kier molecular flexibility index (Phi) is 7.87. The van der Waals surface area contributed by atoms with Gasteiger partial charge in [-0.1, -0.05) is 33.1 Å². The molecule has 0 atom stereocenters. The summed E-state index contributed by atoms with van der Waals surface area (Å²) in [6, 6.07) is 0.874. The highest BCUT2D eigenvalue weighted by molar-refractivity contribution is 4.73. The van der Waals surface area contributed by atoms with Crippen molar-refractivity contribution < 1.29 is 0 Å². The lowest BCUT2D eigenvalue weighted by Crippen LogP contribution is -2.35. The second-order valence-corrected chi connectivity index (χ2v) is 6.06. The molecule has 0 radical (unpaired) electrons. The third-order valence-corrected chi connectivity index (χ3v) is 3.96. The monoisotopic (exact) mass is 240 g/mol. The zero-order valence-corrected chi connectivity index (χ0v) is 12.2. The van der Waals surface area contributed by atoms with Crippen LogP contribution >= 0.6 is 0 Å². The molecule has 1 aliphatic rings. The highest BCUT2D eigenvalue weighted by Gasteiger charge is 2.16. The first-order valence-corrected chi connectivity index (χ1v) is 7.61. The fraction of sp³-hybridized carbons (Fsp3) is 1.00. The van der Waals surface area contributed by atoms with Gasteiger partial charge in [-0.05, 0) is 58.3 Å². The van der Waals surface area contributed by atoms with E-state index >= 15 is 0 Å². The van der Waals surface area contributed by atoms with Crippen LogP contribution in [0.15, 0.2) is 0 Å². The van der Waals surface area contributed by atoms with Crippen LogP contribution in [0.25, 0.3) is 0 Å². The molecule has 0 aliphatic heterocycles. The van der Waals surface area contributed by atoms with Crippen molar-refractivity contribution in [3.8, 4) is 0 Å². The van der Waals surface area contributed by atoms with Crippen molar-refractivity contribution in [2.24, 2.45) is 5.92 Å². The SMILES string of the molecule is CC(C)CCNCCCN(C)C1CCCCC1. The summed E-state index contributed by atoms with van der Waals surface area (Å²) in [6.45, 7) is 8.21. The van der Waals surface area contributed by atoms with E-state index < -0.39 is 0 Å². The largest absolute Gasteiger partial charge is 0.317 e. The van der Waals surface area contributed by atoms with E-state index in [0.717, 1.165) is 12.0 Å². The minimum atomic E-state index is 0.826. The molecule has 1 N–H and O–H groups in total. The van der Waals surface area contributed by atoms with E-state index in [1.54, 1.807) is 0 Å². The van der Waals surface area contributed by atoms with Crippen LogP contribution in [0.1, 0.15) is 58.8 Å². The molecular formula is C15H32N2. The molecular weight excluding hydrogens is 208 g/mol. The van der Waals surface area contributed by atoms with Crippen LogP contribution in [0.2, 0.25) is 0 Å². The molecule has 2 nitrogen and oxygen atoms in total. The van der Waals surface area contributed by atoms with Crippen molar-refractivity contribution in [3.05, 3.63) is 0 Å². The van der Waals surface area contributed by atoms with Crippen molar-refractivity contribution >= 4 is 0 Å². The molecule has 0 unspecified atom stereocenters. The second kappa shape index (κ2) is 8.93. The minimum Gasteiger partial charge on any atom is -0.317 e. The fourth-order valence-corrected chi connectivity index (χ4v) is 2.67. The average molecular weight is 240 g/mol. The first-order valence-electron chi connectivity index (χ1n) is 7.61. The van der Waals surface area contributed by atoms with E-state index in [1.807, 2.05) is 0 Å². The summed E-state index contributed by atoms with van der Waals surface area (Å²) in [6.07, 6.45) is 9.81. The highest BCUT2D eigenvalue weighted by atomic mass is 15.1. The Morgan fingerprint density at radius 1 is 1.12 bits per heavy atom. The van der Waals surface area contributed by atoms with Gasteiger partial charge in [0.25, 0.3) is 0 Å². The van der Waals surface area contributed by atoms with Crippen molar-refractivity contribution in [3.63, 3.8) is 0 Å². The Hall–Kier alpha value is -0.0800. The van der Waals surface area contributed by atoms with Gasteiger partial charge in [0, 0.05) is 6.04 Å². The highest BCUT2D eigenvalue weighted by Crippen LogP contribution is 2.21. The lowest BCUT2D eigenvalue weighted by molar-refractivity contribution is 0.189. The van der Waals surface area contributed by atoms with Gasteiger partial charge in [-0.25, -0.2) is 0 Å². The van der Waals surface area contributed by atoms with E-state index in [2.05, 4.69) is 31.1 Å². The Balaban J connectivity index is 1.94. The van der Waals surface area contributed by atoms with E-state index in [1.165, 1.54) is 64.6 Å². The number of hydrogen-bond acceptors (Lipinski definition) is 2. The summed E-state index contributed by atoms with van der Waals surface area (Å²) in [5.74, 6) is 0.826. The van der Waals surface area contributed by atoms with Gasteiger partial charge in [0.15, 0.2) is 0 Å². The topological polar surface area (TPSA) is 15.3 Å². The summed E-state index contributed by atoms with van der Waals surface area (Å²) < 4.78 is 0. The molecule has 0 heterocycles. The number of rotatable bonds is 8. The predicted octanol–water partition coefficient (Wildman–Crippen LogP) is 3.28. The Morgan fingerprint density at radius 2 is 1.82 bits per heavy atom. The zero-order chi connectivity index (χ0) is 12.5. The normalized spacial score (nSPS) is 18.2. The standard InChI is InChI=1S/C15H32N2/c1-14(2)10-12-16-11-7-13-17(3)15-8-5-4-6-9-15/h14-16H,4-13H2,1-3H3. The molecule has 1 rings (SSSR count). The van der Waals surface area contributed by atoms with Crippen molar-refractivity contribution in [1.82, 2.24) is 10.2 Å². The molecule has 0 spiro atoms. The Labute approximate surface area is 108 Å². The van der Waals surface area contributed by atoms with Crippen LogP contribution in [0.5, 0.6) is 0 Å². The lowest BCUT2D eigenvalue weighted by atomic mass is 9.94. The quantitative estimate of drug-likeness (QED) is 0.655. The first kappa shape index (κ1) is 15.0. The summed E-state index contributed by atoms with van der Waals surface area (Å²) >= 11 is 0. The molecule has 17 heavy (non-hydrogen) atoms. The molecule has 1 saturated carbocycles. The second-order valence-electron chi connectivity index (χ2n) is 6.06. The molecule has 0 aromatic heterocycles. The van der Waals surface area contributed by atoms with Crippen LogP contribution in [-0.4, -0.2) is 37.6 Å². The van der Waals surface area contributed by atoms with Gasteiger partial charge in [-0.3, -0.25) is 0 Å². The third-order valence-electron chi connectivity index (χ3n) is 3.96. The number of nitrogens with one attached hydrogen (secondary N) is 1. The summed E-state index contributed by atoms with van der Waals surface area (Å²) in [5.41, 5.74) is 0. The van der Waals surface area contributed by atoms with Crippen LogP contribution in [0.4, 0.5) is 0 Å². The van der Waals surface area contributed by atoms with Gasteiger partial charge in [0.1, 0.15) is 0 Å². The van der Waals surface area contributed by atoms with Crippen LogP contribution in [0, 0.1) is 5.92 Å². The smallest absolute Gasteiger partial charge is 0.00922 e. The van der Waals surface area contributed by atoms with Crippen molar-refractivity contribution in [1.29, 1.82) is 0 Å². The van der Waals surface area contributed by atoms with E-state index in [-0.39, 0.29) is 0 Å².